The number of aliphatic hydroxyl groups is 1. The van der Waals surface area contributed by atoms with Gasteiger partial charge in [0.05, 0.1) is 37.2 Å². The lowest BCUT2D eigenvalue weighted by Crippen LogP contribution is -2.29. The fourth-order valence-corrected chi connectivity index (χ4v) is 5.13. The number of nitrogens with one attached hydrogen (secondary N) is 2. The van der Waals surface area contributed by atoms with Crippen LogP contribution in [0.4, 0.5) is 5.95 Å². The van der Waals surface area contributed by atoms with Gasteiger partial charge in [0.25, 0.3) is 0 Å². The highest BCUT2D eigenvalue weighted by Gasteiger charge is 2.26. The fraction of sp³-hybridized carbons (Fsp3) is 0.583. The van der Waals surface area contributed by atoms with E-state index in [0.29, 0.717) is 31.4 Å². The van der Waals surface area contributed by atoms with Crippen molar-refractivity contribution in [3.63, 3.8) is 0 Å². The SMILES string of the molecule is COC[C@H](C)Nc1ncc2c(-c3cnn(C[C@H]4CCC(=O)N4)c3)cc([C@H]3CC[C@H](O)CC3)n2n1. The van der Waals surface area contributed by atoms with Crippen LogP contribution in [-0.4, -0.2) is 67.3 Å². The number of aliphatic hydroxyl groups excluding tert-OH is 1. The molecular formula is C24H33N7O3. The number of fused-ring (bicyclic) bond motifs is 1. The summed E-state index contributed by atoms with van der Waals surface area (Å²) in [6.07, 6.45) is 10.4. The maximum absolute atomic E-state index is 11.5. The Morgan fingerprint density at radius 3 is 2.82 bits per heavy atom. The van der Waals surface area contributed by atoms with Gasteiger partial charge >= 0.3 is 0 Å². The number of hydrogen-bond acceptors (Lipinski definition) is 7. The van der Waals surface area contributed by atoms with Gasteiger partial charge in [-0.1, -0.05) is 0 Å². The minimum atomic E-state index is -0.210. The average Bonchev–Trinajstić information content (AvgIpc) is 3.53. The van der Waals surface area contributed by atoms with Gasteiger partial charge in [0.15, 0.2) is 0 Å². The Bertz CT molecular complexity index is 1150. The van der Waals surface area contributed by atoms with Crippen molar-refractivity contribution >= 4 is 17.4 Å². The molecule has 2 aliphatic rings. The highest BCUT2D eigenvalue weighted by atomic mass is 16.5. The van der Waals surface area contributed by atoms with Crippen molar-refractivity contribution < 1.29 is 14.6 Å². The molecule has 1 aliphatic heterocycles. The molecule has 0 unspecified atom stereocenters. The van der Waals surface area contributed by atoms with E-state index in [2.05, 4.69) is 26.8 Å². The molecule has 1 aliphatic carbocycles. The zero-order chi connectivity index (χ0) is 23.7. The van der Waals surface area contributed by atoms with Crippen LogP contribution < -0.4 is 10.6 Å². The number of anilines is 1. The Morgan fingerprint density at radius 1 is 1.26 bits per heavy atom. The summed E-state index contributed by atoms with van der Waals surface area (Å²) >= 11 is 0. The number of nitrogens with zero attached hydrogens (tertiary/aromatic N) is 5. The summed E-state index contributed by atoms with van der Waals surface area (Å²) in [5.41, 5.74) is 4.11. The second kappa shape index (κ2) is 9.71. The summed E-state index contributed by atoms with van der Waals surface area (Å²) in [5.74, 6) is 0.996. The van der Waals surface area contributed by atoms with Crippen LogP contribution in [0.15, 0.2) is 24.7 Å². The Balaban J connectivity index is 1.47. The van der Waals surface area contributed by atoms with E-state index in [4.69, 9.17) is 9.84 Å². The van der Waals surface area contributed by atoms with Gasteiger partial charge in [0.2, 0.25) is 11.9 Å². The molecule has 10 heteroatoms. The van der Waals surface area contributed by atoms with Gasteiger partial charge in [-0.15, -0.1) is 5.10 Å². The summed E-state index contributed by atoms with van der Waals surface area (Å²) in [7, 11) is 1.68. The number of aromatic nitrogens is 5. The van der Waals surface area contributed by atoms with E-state index in [-0.39, 0.29) is 24.1 Å². The van der Waals surface area contributed by atoms with E-state index in [1.165, 1.54) is 0 Å². The lowest BCUT2D eigenvalue weighted by atomic mass is 9.85. The van der Waals surface area contributed by atoms with Crippen LogP contribution in [0.25, 0.3) is 16.6 Å². The molecule has 34 heavy (non-hydrogen) atoms. The van der Waals surface area contributed by atoms with Gasteiger partial charge in [-0.05, 0) is 45.1 Å². The van der Waals surface area contributed by atoms with Gasteiger partial charge in [-0.3, -0.25) is 9.48 Å². The van der Waals surface area contributed by atoms with Crippen molar-refractivity contribution in [2.75, 3.05) is 19.0 Å². The number of carbonyl (C=O) groups excluding carboxylic acids is 1. The summed E-state index contributed by atoms with van der Waals surface area (Å²) in [6, 6.07) is 2.41. The Labute approximate surface area is 198 Å². The zero-order valence-electron chi connectivity index (χ0n) is 19.8. The van der Waals surface area contributed by atoms with Crippen molar-refractivity contribution in [2.45, 2.75) is 76.1 Å². The lowest BCUT2D eigenvalue weighted by Gasteiger charge is -2.25. The molecule has 3 aromatic rings. The molecule has 10 nitrogen and oxygen atoms in total. The van der Waals surface area contributed by atoms with Crippen LogP contribution >= 0.6 is 0 Å². The second-order valence-corrected chi connectivity index (χ2v) is 9.62. The van der Waals surface area contributed by atoms with Gasteiger partial charge in [-0.25, -0.2) is 9.50 Å². The minimum Gasteiger partial charge on any atom is -0.393 e. The van der Waals surface area contributed by atoms with Crippen molar-refractivity contribution in [3.05, 3.63) is 30.4 Å². The molecule has 0 spiro atoms. The number of rotatable bonds is 8. The zero-order valence-corrected chi connectivity index (χ0v) is 19.8. The molecule has 0 bridgehead atoms. The maximum Gasteiger partial charge on any atom is 0.241 e. The van der Waals surface area contributed by atoms with E-state index in [9.17, 15) is 9.90 Å². The second-order valence-electron chi connectivity index (χ2n) is 9.62. The van der Waals surface area contributed by atoms with E-state index < -0.39 is 0 Å². The normalized spacial score (nSPS) is 23.9. The predicted molar refractivity (Wildman–Crippen MR) is 128 cm³/mol. The van der Waals surface area contributed by atoms with Gasteiger partial charge in [0, 0.05) is 54.5 Å². The molecule has 0 radical (unpaired) electrons. The molecule has 1 amide bonds. The van der Waals surface area contributed by atoms with Crippen LogP contribution in [0.1, 0.15) is 57.1 Å². The maximum atomic E-state index is 11.5. The van der Waals surface area contributed by atoms with Crippen molar-refractivity contribution in [1.82, 2.24) is 29.7 Å². The molecular weight excluding hydrogens is 434 g/mol. The van der Waals surface area contributed by atoms with Crippen molar-refractivity contribution in [1.29, 1.82) is 0 Å². The molecule has 0 aromatic carbocycles. The third-order valence-electron chi connectivity index (χ3n) is 6.89. The first-order valence-corrected chi connectivity index (χ1v) is 12.1. The molecule has 182 valence electrons. The number of carbonyl (C=O) groups is 1. The Kier molecular flexibility index (Phi) is 6.51. The molecule has 2 atom stereocenters. The highest BCUT2D eigenvalue weighted by molar-refractivity contribution is 5.81. The van der Waals surface area contributed by atoms with Crippen molar-refractivity contribution in [3.8, 4) is 11.1 Å². The summed E-state index contributed by atoms with van der Waals surface area (Å²) in [6.45, 7) is 3.25. The smallest absolute Gasteiger partial charge is 0.241 e. The van der Waals surface area contributed by atoms with Crippen LogP contribution in [0.3, 0.4) is 0 Å². The van der Waals surface area contributed by atoms with Crippen LogP contribution in [0, 0.1) is 0 Å². The highest BCUT2D eigenvalue weighted by Crippen LogP contribution is 2.37. The quantitative estimate of drug-likeness (QED) is 0.465. The van der Waals surface area contributed by atoms with Gasteiger partial charge in [-0.2, -0.15) is 5.10 Å². The van der Waals surface area contributed by atoms with Crippen LogP contribution in [0.2, 0.25) is 0 Å². The average molecular weight is 468 g/mol. The summed E-state index contributed by atoms with van der Waals surface area (Å²) < 4.78 is 9.13. The Morgan fingerprint density at radius 2 is 2.09 bits per heavy atom. The standard InChI is InChI=1S/C24H33N7O3/c1-15(14-34-2)27-24-25-11-22-20(9-21(31(22)29-24)16-3-6-19(32)7-4-16)17-10-26-30(12-17)13-18-5-8-23(33)28-18/h9-12,15-16,18-19,32H,3-8,13-14H2,1-2H3,(H,27,29)(H,28,33)/t15-,16-,18+,19-/m0/s1. The number of amides is 1. The monoisotopic (exact) mass is 467 g/mol. The molecule has 3 N–H and O–H groups in total. The fourth-order valence-electron chi connectivity index (χ4n) is 5.13. The number of methoxy groups -OCH3 is 1. The molecule has 4 heterocycles. The first-order valence-electron chi connectivity index (χ1n) is 12.1. The Hall–Kier alpha value is -2.98. The molecule has 1 saturated heterocycles. The lowest BCUT2D eigenvalue weighted by molar-refractivity contribution is -0.119. The van der Waals surface area contributed by atoms with Crippen molar-refractivity contribution in [2.24, 2.45) is 0 Å². The molecule has 5 rings (SSSR count). The largest absolute Gasteiger partial charge is 0.393 e. The number of ether oxygens (including phenoxy) is 1. The van der Waals surface area contributed by atoms with E-state index in [1.54, 1.807) is 7.11 Å². The van der Waals surface area contributed by atoms with E-state index in [0.717, 1.165) is 54.4 Å². The summed E-state index contributed by atoms with van der Waals surface area (Å²) in [4.78, 5) is 16.1. The number of hydrogen-bond donors (Lipinski definition) is 3. The minimum absolute atomic E-state index is 0.0834. The van der Waals surface area contributed by atoms with E-state index in [1.807, 2.05) is 34.7 Å². The molecule has 1 saturated carbocycles. The predicted octanol–water partition coefficient (Wildman–Crippen LogP) is 2.34. The van der Waals surface area contributed by atoms with Crippen LogP contribution in [-0.2, 0) is 16.1 Å². The van der Waals surface area contributed by atoms with Gasteiger partial charge < -0.3 is 20.5 Å². The topological polar surface area (TPSA) is 119 Å². The first kappa shape index (κ1) is 22.8. The third-order valence-corrected chi connectivity index (χ3v) is 6.89. The van der Waals surface area contributed by atoms with Crippen LogP contribution in [0.5, 0.6) is 0 Å². The van der Waals surface area contributed by atoms with E-state index >= 15 is 0 Å². The first-order chi connectivity index (χ1) is 16.5. The summed E-state index contributed by atoms with van der Waals surface area (Å²) in [5, 5.41) is 25.7. The third kappa shape index (κ3) is 4.78. The van der Waals surface area contributed by atoms with Gasteiger partial charge in [0.1, 0.15) is 0 Å². The molecule has 3 aromatic heterocycles. The molecule has 2 fully saturated rings.